The monoisotopic (exact) mass is 348 g/mol. The molecule has 0 atom stereocenters. The third kappa shape index (κ3) is 4.83. The maximum absolute atomic E-state index is 10.7. The van der Waals surface area contributed by atoms with Gasteiger partial charge in [0.15, 0.2) is 0 Å². The summed E-state index contributed by atoms with van der Waals surface area (Å²) in [7, 11) is 0. The highest BCUT2D eigenvalue weighted by Crippen LogP contribution is 2.18. The van der Waals surface area contributed by atoms with Crippen molar-refractivity contribution >= 4 is 11.4 Å². The van der Waals surface area contributed by atoms with Crippen LogP contribution in [0.4, 0.5) is 11.4 Å². The fraction of sp³-hybridized carbons (Fsp3) is 0.143. The summed E-state index contributed by atoms with van der Waals surface area (Å²) in [5.74, 6) is 0.824. The van der Waals surface area contributed by atoms with E-state index in [0.29, 0.717) is 13.2 Å². The fourth-order valence-electron chi connectivity index (χ4n) is 2.46. The van der Waals surface area contributed by atoms with Crippen LogP contribution in [-0.4, -0.2) is 4.92 Å². The van der Waals surface area contributed by atoms with Gasteiger partial charge in [0.25, 0.3) is 5.69 Å². The standard InChI is InChI=1S/C21H20N2O3/c1-16-2-4-18(5-3-16)15-26-21-12-6-17(7-13-21)14-22-19-8-10-20(11-9-19)23(24)25/h2-13,22H,14-15H2,1H3. The van der Waals surface area contributed by atoms with E-state index in [0.717, 1.165) is 22.6 Å². The van der Waals surface area contributed by atoms with Crippen LogP contribution in [0.5, 0.6) is 5.75 Å². The predicted octanol–water partition coefficient (Wildman–Crippen LogP) is 5.09. The lowest BCUT2D eigenvalue weighted by molar-refractivity contribution is -0.384. The van der Waals surface area contributed by atoms with Crippen LogP contribution in [0, 0.1) is 17.0 Å². The summed E-state index contributed by atoms with van der Waals surface area (Å²) in [6.07, 6.45) is 0. The van der Waals surface area contributed by atoms with Crippen LogP contribution in [0.1, 0.15) is 16.7 Å². The van der Waals surface area contributed by atoms with Gasteiger partial charge in [-0.15, -0.1) is 0 Å². The van der Waals surface area contributed by atoms with E-state index >= 15 is 0 Å². The first kappa shape index (κ1) is 17.5. The lowest BCUT2D eigenvalue weighted by Crippen LogP contribution is -2.00. The van der Waals surface area contributed by atoms with Gasteiger partial charge in [0, 0.05) is 24.4 Å². The predicted molar refractivity (Wildman–Crippen MR) is 102 cm³/mol. The topological polar surface area (TPSA) is 64.4 Å². The molecule has 0 fully saturated rings. The van der Waals surface area contributed by atoms with Crippen molar-refractivity contribution in [3.8, 4) is 5.75 Å². The van der Waals surface area contributed by atoms with E-state index in [4.69, 9.17) is 4.74 Å². The number of benzene rings is 3. The van der Waals surface area contributed by atoms with Gasteiger partial charge in [-0.05, 0) is 42.3 Å². The van der Waals surface area contributed by atoms with E-state index in [1.54, 1.807) is 12.1 Å². The molecule has 3 aromatic rings. The zero-order valence-corrected chi connectivity index (χ0v) is 14.5. The molecule has 26 heavy (non-hydrogen) atoms. The smallest absolute Gasteiger partial charge is 0.269 e. The first-order chi connectivity index (χ1) is 12.6. The molecule has 0 aliphatic heterocycles. The van der Waals surface area contributed by atoms with Crippen molar-refractivity contribution in [3.05, 3.63) is 99.6 Å². The van der Waals surface area contributed by atoms with Crippen molar-refractivity contribution < 1.29 is 9.66 Å². The van der Waals surface area contributed by atoms with Crippen LogP contribution >= 0.6 is 0 Å². The Hall–Kier alpha value is -3.34. The molecule has 0 amide bonds. The molecule has 5 nitrogen and oxygen atoms in total. The summed E-state index contributed by atoms with van der Waals surface area (Å²) < 4.78 is 5.80. The first-order valence-corrected chi connectivity index (χ1v) is 8.36. The Kier molecular flexibility index (Phi) is 5.49. The Morgan fingerprint density at radius 1 is 0.885 bits per heavy atom. The molecule has 0 heterocycles. The van der Waals surface area contributed by atoms with E-state index in [1.807, 2.05) is 24.3 Å². The Morgan fingerprint density at radius 3 is 2.12 bits per heavy atom. The molecule has 1 N–H and O–H groups in total. The molecule has 0 saturated carbocycles. The number of aryl methyl sites for hydroxylation is 1. The fourth-order valence-corrected chi connectivity index (χ4v) is 2.46. The molecule has 0 bridgehead atoms. The zero-order chi connectivity index (χ0) is 18.4. The second-order valence-corrected chi connectivity index (χ2v) is 6.08. The molecule has 5 heteroatoms. The van der Waals surface area contributed by atoms with Crippen molar-refractivity contribution in [2.75, 3.05) is 5.32 Å². The largest absolute Gasteiger partial charge is 0.489 e. The Labute approximate surface area is 152 Å². The molecule has 0 aliphatic carbocycles. The van der Waals surface area contributed by atoms with E-state index in [1.165, 1.54) is 17.7 Å². The second-order valence-electron chi connectivity index (χ2n) is 6.08. The Balaban J connectivity index is 1.50. The Bertz CT molecular complexity index is 857. The van der Waals surface area contributed by atoms with Crippen LogP contribution in [0.2, 0.25) is 0 Å². The van der Waals surface area contributed by atoms with E-state index in [2.05, 4.69) is 36.5 Å². The second kappa shape index (κ2) is 8.16. The van der Waals surface area contributed by atoms with Gasteiger partial charge in [0.1, 0.15) is 12.4 Å². The van der Waals surface area contributed by atoms with Crippen LogP contribution in [0.15, 0.2) is 72.8 Å². The molecule has 0 spiro atoms. The number of hydrogen-bond donors (Lipinski definition) is 1. The molecule has 0 unspecified atom stereocenters. The number of nitrogens with one attached hydrogen (secondary N) is 1. The summed E-state index contributed by atoms with van der Waals surface area (Å²) in [5, 5.41) is 13.9. The number of anilines is 1. The van der Waals surface area contributed by atoms with Crippen LogP contribution in [0.3, 0.4) is 0 Å². The molecule has 0 saturated heterocycles. The maximum atomic E-state index is 10.7. The third-order valence-electron chi connectivity index (χ3n) is 4.02. The van der Waals surface area contributed by atoms with E-state index in [9.17, 15) is 10.1 Å². The minimum absolute atomic E-state index is 0.0885. The van der Waals surface area contributed by atoms with Crippen molar-refractivity contribution in [3.63, 3.8) is 0 Å². The van der Waals surface area contributed by atoms with Gasteiger partial charge in [-0.1, -0.05) is 42.0 Å². The number of nitrogens with zero attached hydrogens (tertiary/aromatic N) is 1. The average Bonchev–Trinajstić information content (AvgIpc) is 2.67. The minimum atomic E-state index is -0.404. The number of nitro benzene ring substituents is 1. The third-order valence-corrected chi connectivity index (χ3v) is 4.02. The van der Waals surface area contributed by atoms with Crippen LogP contribution < -0.4 is 10.1 Å². The van der Waals surface area contributed by atoms with Gasteiger partial charge < -0.3 is 10.1 Å². The van der Waals surface area contributed by atoms with Gasteiger partial charge >= 0.3 is 0 Å². The number of non-ortho nitro benzene ring substituents is 1. The van der Waals surface area contributed by atoms with Crippen molar-refractivity contribution in [1.29, 1.82) is 0 Å². The molecule has 0 radical (unpaired) electrons. The summed E-state index contributed by atoms with van der Waals surface area (Å²) in [5.41, 5.74) is 4.41. The molecule has 3 aromatic carbocycles. The Morgan fingerprint density at radius 2 is 1.50 bits per heavy atom. The SMILES string of the molecule is Cc1ccc(COc2ccc(CNc3ccc([N+](=O)[O-])cc3)cc2)cc1. The van der Waals surface area contributed by atoms with Crippen molar-refractivity contribution in [2.45, 2.75) is 20.1 Å². The van der Waals surface area contributed by atoms with Gasteiger partial charge in [-0.2, -0.15) is 0 Å². The molecular formula is C21H20N2O3. The summed E-state index contributed by atoms with van der Waals surface area (Å²) in [6.45, 7) is 3.24. The number of nitro groups is 1. The van der Waals surface area contributed by atoms with Crippen LogP contribution in [0.25, 0.3) is 0 Å². The highest BCUT2D eigenvalue weighted by Gasteiger charge is 2.03. The van der Waals surface area contributed by atoms with Gasteiger partial charge in [-0.3, -0.25) is 10.1 Å². The molecular weight excluding hydrogens is 328 g/mol. The average molecular weight is 348 g/mol. The molecule has 0 aromatic heterocycles. The lowest BCUT2D eigenvalue weighted by atomic mass is 10.2. The number of hydrogen-bond acceptors (Lipinski definition) is 4. The number of ether oxygens (including phenoxy) is 1. The summed E-state index contributed by atoms with van der Waals surface area (Å²) in [4.78, 5) is 10.3. The molecule has 132 valence electrons. The van der Waals surface area contributed by atoms with Crippen molar-refractivity contribution in [1.82, 2.24) is 0 Å². The molecule has 0 aliphatic rings. The number of rotatable bonds is 7. The zero-order valence-electron chi connectivity index (χ0n) is 14.5. The highest BCUT2D eigenvalue weighted by atomic mass is 16.6. The summed E-state index contributed by atoms with van der Waals surface area (Å²) in [6, 6.07) is 22.6. The first-order valence-electron chi connectivity index (χ1n) is 8.36. The quantitative estimate of drug-likeness (QED) is 0.477. The van der Waals surface area contributed by atoms with Gasteiger partial charge in [0.2, 0.25) is 0 Å². The van der Waals surface area contributed by atoms with Crippen LogP contribution in [-0.2, 0) is 13.2 Å². The van der Waals surface area contributed by atoms with E-state index < -0.39 is 4.92 Å². The normalized spacial score (nSPS) is 10.3. The lowest BCUT2D eigenvalue weighted by Gasteiger charge is -2.09. The maximum Gasteiger partial charge on any atom is 0.269 e. The van der Waals surface area contributed by atoms with E-state index in [-0.39, 0.29) is 5.69 Å². The molecule has 3 rings (SSSR count). The minimum Gasteiger partial charge on any atom is -0.489 e. The van der Waals surface area contributed by atoms with Gasteiger partial charge in [0.05, 0.1) is 4.92 Å². The highest BCUT2D eigenvalue weighted by molar-refractivity contribution is 5.49. The van der Waals surface area contributed by atoms with Crippen molar-refractivity contribution in [2.24, 2.45) is 0 Å². The van der Waals surface area contributed by atoms with Gasteiger partial charge in [-0.25, -0.2) is 0 Å². The summed E-state index contributed by atoms with van der Waals surface area (Å²) >= 11 is 0.